The SMILES string of the molecule is CCNCc1c2ccccc2cc2ccccc12. The van der Waals surface area contributed by atoms with Crippen molar-refractivity contribution in [3.8, 4) is 0 Å². The molecule has 1 heteroatoms. The van der Waals surface area contributed by atoms with Gasteiger partial charge in [0.15, 0.2) is 0 Å². The van der Waals surface area contributed by atoms with Crippen LogP contribution in [0.25, 0.3) is 21.5 Å². The molecule has 0 aliphatic heterocycles. The average molecular weight is 235 g/mol. The Morgan fingerprint density at radius 1 is 0.833 bits per heavy atom. The first-order valence-electron chi connectivity index (χ1n) is 6.50. The highest BCUT2D eigenvalue weighted by Crippen LogP contribution is 2.28. The molecule has 0 spiro atoms. The fourth-order valence-corrected chi connectivity index (χ4v) is 2.55. The second-order valence-electron chi connectivity index (χ2n) is 4.58. The number of hydrogen-bond donors (Lipinski definition) is 1. The molecule has 0 heterocycles. The van der Waals surface area contributed by atoms with Crippen molar-refractivity contribution in [2.24, 2.45) is 0 Å². The first-order valence-corrected chi connectivity index (χ1v) is 6.50. The second kappa shape index (κ2) is 4.79. The molecule has 3 aromatic carbocycles. The third kappa shape index (κ3) is 1.87. The Balaban J connectivity index is 2.34. The van der Waals surface area contributed by atoms with Crippen LogP contribution < -0.4 is 5.32 Å². The molecule has 0 saturated carbocycles. The van der Waals surface area contributed by atoms with Crippen molar-refractivity contribution < 1.29 is 0 Å². The zero-order valence-electron chi connectivity index (χ0n) is 10.6. The zero-order valence-corrected chi connectivity index (χ0v) is 10.6. The first kappa shape index (κ1) is 11.2. The standard InChI is InChI=1S/C17H17N/c1-2-18-12-17-15-9-5-3-7-13(15)11-14-8-4-6-10-16(14)17/h3-11,18H,2,12H2,1H3. The molecule has 3 aromatic rings. The summed E-state index contributed by atoms with van der Waals surface area (Å²) in [4.78, 5) is 0. The fourth-order valence-electron chi connectivity index (χ4n) is 2.55. The Hall–Kier alpha value is -1.86. The number of benzene rings is 3. The van der Waals surface area contributed by atoms with Crippen LogP contribution in [0.4, 0.5) is 0 Å². The smallest absolute Gasteiger partial charge is 0.0217 e. The number of fused-ring (bicyclic) bond motifs is 2. The minimum Gasteiger partial charge on any atom is -0.313 e. The lowest BCUT2D eigenvalue weighted by atomic mass is 9.97. The minimum atomic E-state index is 0.929. The molecule has 0 aliphatic rings. The van der Waals surface area contributed by atoms with Crippen LogP contribution in [0.3, 0.4) is 0 Å². The molecule has 0 aliphatic carbocycles. The summed E-state index contributed by atoms with van der Waals surface area (Å²) in [6.07, 6.45) is 0. The zero-order chi connectivity index (χ0) is 12.4. The molecule has 18 heavy (non-hydrogen) atoms. The summed E-state index contributed by atoms with van der Waals surface area (Å²) in [5.41, 5.74) is 1.41. The topological polar surface area (TPSA) is 12.0 Å². The maximum absolute atomic E-state index is 3.45. The molecule has 0 saturated heterocycles. The lowest BCUT2D eigenvalue weighted by molar-refractivity contribution is 0.734. The van der Waals surface area contributed by atoms with Crippen molar-refractivity contribution in [2.45, 2.75) is 13.5 Å². The second-order valence-corrected chi connectivity index (χ2v) is 4.58. The largest absolute Gasteiger partial charge is 0.313 e. The van der Waals surface area contributed by atoms with Gasteiger partial charge < -0.3 is 5.32 Å². The van der Waals surface area contributed by atoms with Gasteiger partial charge in [-0.25, -0.2) is 0 Å². The molecule has 0 unspecified atom stereocenters. The maximum atomic E-state index is 3.45. The van der Waals surface area contributed by atoms with E-state index in [-0.39, 0.29) is 0 Å². The van der Waals surface area contributed by atoms with Gasteiger partial charge in [-0.3, -0.25) is 0 Å². The van der Waals surface area contributed by atoms with E-state index in [2.05, 4.69) is 66.8 Å². The third-order valence-electron chi connectivity index (χ3n) is 3.43. The lowest BCUT2D eigenvalue weighted by Crippen LogP contribution is -2.12. The van der Waals surface area contributed by atoms with Crippen LogP contribution in [0.15, 0.2) is 54.6 Å². The quantitative estimate of drug-likeness (QED) is 0.674. The maximum Gasteiger partial charge on any atom is 0.0217 e. The van der Waals surface area contributed by atoms with Crippen LogP contribution in [0.5, 0.6) is 0 Å². The average Bonchev–Trinajstić information content (AvgIpc) is 2.43. The van der Waals surface area contributed by atoms with Crippen LogP contribution in [-0.4, -0.2) is 6.54 Å². The summed E-state index contributed by atoms with van der Waals surface area (Å²) in [7, 11) is 0. The van der Waals surface area contributed by atoms with Crippen molar-refractivity contribution >= 4 is 21.5 Å². The molecular weight excluding hydrogens is 218 g/mol. The van der Waals surface area contributed by atoms with Crippen LogP contribution in [0, 0.1) is 0 Å². The summed E-state index contributed by atoms with van der Waals surface area (Å²) in [5.74, 6) is 0. The normalized spacial score (nSPS) is 11.2. The molecule has 3 rings (SSSR count). The van der Waals surface area contributed by atoms with Gasteiger partial charge in [0.1, 0.15) is 0 Å². The van der Waals surface area contributed by atoms with E-state index >= 15 is 0 Å². The summed E-state index contributed by atoms with van der Waals surface area (Å²) < 4.78 is 0. The molecule has 1 N–H and O–H groups in total. The summed E-state index contributed by atoms with van der Waals surface area (Å²) in [6, 6.07) is 19.5. The van der Waals surface area contributed by atoms with Gasteiger partial charge in [0, 0.05) is 6.54 Å². The Kier molecular flexibility index (Phi) is 2.99. The minimum absolute atomic E-state index is 0.929. The molecule has 0 radical (unpaired) electrons. The van der Waals surface area contributed by atoms with Gasteiger partial charge in [-0.1, -0.05) is 55.5 Å². The highest BCUT2D eigenvalue weighted by molar-refractivity contribution is 6.02. The highest BCUT2D eigenvalue weighted by atomic mass is 14.8. The third-order valence-corrected chi connectivity index (χ3v) is 3.43. The molecule has 0 fully saturated rings. The van der Waals surface area contributed by atoms with E-state index in [4.69, 9.17) is 0 Å². The number of rotatable bonds is 3. The van der Waals surface area contributed by atoms with E-state index in [1.165, 1.54) is 27.1 Å². The highest BCUT2D eigenvalue weighted by Gasteiger charge is 2.06. The van der Waals surface area contributed by atoms with Gasteiger partial charge in [-0.05, 0) is 39.7 Å². The van der Waals surface area contributed by atoms with E-state index in [1.807, 2.05) is 0 Å². The molecular formula is C17H17N. The van der Waals surface area contributed by atoms with E-state index < -0.39 is 0 Å². The van der Waals surface area contributed by atoms with Crippen molar-refractivity contribution in [3.05, 3.63) is 60.2 Å². The van der Waals surface area contributed by atoms with E-state index in [9.17, 15) is 0 Å². The first-order chi connectivity index (χ1) is 8.90. The molecule has 0 aromatic heterocycles. The Morgan fingerprint density at radius 3 is 1.94 bits per heavy atom. The van der Waals surface area contributed by atoms with E-state index in [0.717, 1.165) is 13.1 Å². The molecule has 0 amide bonds. The Morgan fingerprint density at radius 2 is 1.39 bits per heavy atom. The lowest BCUT2D eigenvalue weighted by Gasteiger charge is -2.11. The van der Waals surface area contributed by atoms with Crippen molar-refractivity contribution in [1.29, 1.82) is 0 Å². The van der Waals surface area contributed by atoms with Gasteiger partial charge in [0.2, 0.25) is 0 Å². The van der Waals surface area contributed by atoms with Crippen LogP contribution in [0.2, 0.25) is 0 Å². The summed E-state index contributed by atoms with van der Waals surface area (Å²) in [6.45, 7) is 4.07. The van der Waals surface area contributed by atoms with E-state index in [1.54, 1.807) is 0 Å². The number of hydrogen-bond acceptors (Lipinski definition) is 1. The van der Waals surface area contributed by atoms with E-state index in [0.29, 0.717) is 0 Å². The Labute approximate surface area is 107 Å². The monoisotopic (exact) mass is 235 g/mol. The van der Waals surface area contributed by atoms with Gasteiger partial charge in [0.25, 0.3) is 0 Å². The molecule has 90 valence electrons. The Bertz CT molecular complexity index is 631. The van der Waals surface area contributed by atoms with Gasteiger partial charge in [-0.15, -0.1) is 0 Å². The summed E-state index contributed by atoms with van der Waals surface area (Å²) in [5, 5.41) is 8.81. The van der Waals surface area contributed by atoms with Gasteiger partial charge in [0.05, 0.1) is 0 Å². The summed E-state index contributed by atoms with van der Waals surface area (Å²) >= 11 is 0. The number of nitrogens with one attached hydrogen (secondary N) is 1. The van der Waals surface area contributed by atoms with Crippen molar-refractivity contribution in [3.63, 3.8) is 0 Å². The van der Waals surface area contributed by atoms with Crippen molar-refractivity contribution in [2.75, 3.05) is 6.54 Å². The predicted octanol–water partition coefficient (Wildman–Crippen LogP) is 4.10. The van der Waals surface area contributed by atoms with Crippen molar-refractivity contribution in [1.82, 2.24) is 5.32 Å². The van der Waals surface area contributed by atoms with Gasteiger partial charge >= 0.3 is 0 Å². The predicted molar refractivity (Wildman–Crippen MR) is 78.8 cm³/mol. The van der Waals surface area contributed by atoms with Gasteiger partial charge in [-0.2, -0.15) is 0 Å². The van der Waals surface area contributed by atoms with Crippen LogP contribution >= 0.6 is 0 Å². The van der Waals surface area contributed by atoms with Crippen LogP contribution in [0.1, 0.15) is 12.5 Å². The molecule has 0 atom stereocenters. The van der Waals surface area contributed by atoms with Crippen LogP contribution in [-0.2, 0) is 6.54 Å². The fraction of sp³-hybridized carbons (Fsp3) is 0.176. The molecule has 0 bridgehead atoms. The molecule has 1 nitrogen and oxygen atoms in total.